The molecule has 0 aliphatic heterocycles. The van der Waals surface area contributed by atoms with Crippen LogP contribution < -0.4 is 5.43 Å². The number of hydrogen-bond acceptors (Lipinski definition) is 4. The van der Waals surface area contributed by atoms with Crippen LogP contribution in [0.2, 0.25) is 5.02 Å². The van der Waals surface area contributed by atoms with Crippen LogP contribution in [0.4, 0.5) is 0 Å². The monoisotopic (exact) mass is 483 g/mol. The van der Waals surface area contributed by atoms with E-state index in [4.69, 9.17) is 11.6 Å². The fourth-order valence-corrected chi connectivity index (χ4v) is 4.62. The number of hydrazone groups is 1. The van der Waals surface area contributed by atoms with Gasteiger partial charge in [0.1, 0.15) is 0 Å². The number of nitrogens with zero attached hydrogens (tertiary/aromatic N) is 2. The molecule has 172 valence electrons. The summed E-state index contributed by atoms with van der Waals surface area (Å²) in [6.45, 7) is 3.88. The van der Waals surface area contributed by atoms with Gasteiger partial charge in [-0.3, -0.25) is 4.79 Å². The molecule has 0 saturated carbocycles. The second kappa shape index (κ2) is 11.2. The van der Waals surface area contributed by atoms with Crippen molar-refractivity contribution in [3.8, 4) is 0 Å². The van der Waals surface area contributed by atoms with Crippen molar-refractivity contribution in [1.29, 1.82) is 0 Å². The molecule has 3 aromatic carbocycles. The number of rotatable bonds is 9. The van der Waals surface area contributed by atoms with Crippen LogP contribution in [0.15, 0.2) is 88.9 Å². The van der Waals surface area contributed by atoms with Gasteiger partial charge >= 0.3 is 0 Å². The van der Waals surface area contributed by atoms with Crippen LogP contribution in [0.3, 0.4) is 0 Å². The van der Waals surface area contributed by atoms with Crippen LogP contribution in [-0.2, 0) is 21.4 Å². The predicted octanol–water partition coefficient (Wildman–Crippen LogP) is 4.80. The Hall–Kier alpha value is -3.00. The van der Waals surface area contributed by atoms with Crippen LogP contribution in [-0.4, -0.2) is 31.4 Å². The van der Waals surface area contributed by atoms with Crippen molar-refractivity contribution in [2.24, 2.45) is 5.10 Å². The lowest BCUT2D eigenvalue weighted by Gasteiger charge is -2.21. The van der Waals surface area contributed by atoms with Gasteiger partial charge in [-0.2, -0.15) is 9.41 Å². The minimum Gasteiger partial charge on any atom is -0.272 e. The molecule has 0 bridgehead atoms. The summed E-state index contributed by atoms with van der Waals surface area (Å²) in [6, 6.07) is 22.8. The Morgan fingerprint density at radius 3 is 2.24 bits per heavy atom. The molecule has 0 radical (unpaired) electrons. The summed E-state index contributed by atoms with van der Waals surface area (Å²) in [5.74, 6) is -0.118. The maximum atomic E-state index is 13.2. The molecule has 1 amide bonds. The summed E-state index contributed by atoms with van der Waals surface area (Å²) in [5, 5.41) is 4.41. The topological polar surface area (TPSA) is 78.8 Å². The van der Waals surface area contributed by atoms with Gasteiger partial charge in [0.25, 0.3) is 5.91 Å². The first-order chi connectivity index (χ1) is 15.8. The second-order valence-corrected chi connectivity index (χ2v) is 10.2. The molecule has 0 aliphatic carbocycles. The van der Waals surface area contributed by atoms with E-state index in [1.807, 2.05) is 42.5 Å². The number of amides is 1. The van der Waals surface area contributed by atoms with Crippen molar-refractivity contribution in [2.45, 2.75) is 31.2 Å². The Bertz CT molecular complexity index is 1190. The number of halogens is 1. The van der Waals surface area contributed by atoms with E-state index in [1.54, 1.807) is 12.1 Å². The minimum absolute atomic E-state index is 0.0413. The van der Waals surface area contributed by atoms with E-state index in [0.717, 1.165) is 15.4 Å². The van der Waals surface area contributed by atoms with Gasteiger partial charge in [-0.05, 0) is 46.9 Å². The van der Waals surface area contributed by atoms with Crippen molar-refractivity contribution < 1.29 is 13.2 Å². The Kier molecular flexibility index (Phi) is 8.38. The van der Waals surface area contributed by atoms with Gasteiger partial charge in [0.2, 0.25) is 10.0 Å². The maximum Gasteiger partial charge on any atom is 0.255 e. The Labute approximate surface area is 200 Å². The minimum atomic E-state index is -3.94. The van der Waals surface area contributed by atoms with Gasteiger partial charge < -0.3 is 0 Å². The van der Waals surface area contributed by atoms with Crippen LogP contribution in [0.25, 0.3) is 0 Å². The molecular weight excluding hydrogens is 458 g/mol. The molecule has 3 rings (SSSR count). The second-order valence-electron chi connectivity index (χ2n) is 7.83. The van der Waals surface area contributed by atoms with Crippen molar-refractivity contribution in [3.05, 3.63) is 101 Å². The molecule has 0 aliphatic rings. The summed E-state index contributed by atoms with van der Waals surface area (Å²) < 4.78 is 27.6. The van der Waals surface area contributed by atoms with Gasteiger partial charge in [-0.1, -0.05) is 80.0 Å². The quantitative estimate of drug-likeness (QED) is 0.350. The number of carbonyl (C=O) groups is 1. The third-order valence-electron chi connectivity index (χ3n) is 4.98. The first-order valence-corrected chi connectivity index (χ1v) is 12.3. The van der Waals surface area contributed by atoms with E-state index in [2.05, 4.69) is 24.4 Å². The molecule has 6 nitrogen and oxygen atoms in total. The molecule has 0 saturated heterocycles. The van der Waals surface area contributed by atoms with E-state index in [9.17, 15) is 13.2 Å². The Balaban J connectivity index is 1.73. The van der Waals surface area contributed by atoms with E-state index in [-0.39, 0.29) is 18.0 Å². The summed E-state index contributed by atoms with van der Waals surface area (Å²) >= 11 is 5.90. The Morgan fingerprint density at radius 1 is 1.00 bits per heavy atom. The van der Waals surface area contributed by atoms with E-state index >= 15 is 0 Å². The average Bonchev–Trinajstić information content (AvgIpc) is 2.80. The van der Waals surface area contributed by atoms with E-state index in [0.29, 0.717) is 10.9 Å². The summed E-state index contributed by atoms with van der Waals surface area (Å²) in [7, 11) is -3.94. The highest BCUT2D eigenvalue weighted by atomic mass is 35.5. The normalized spacial score (nSPS) is 11.9. The molecular formula is C25H26ClN3O3S. The van der Waals surface area contributed by atoms with E-state index < -0.39 is 15.9 Å². The highest BCUT2D eigenvalue weighted by Crippen LogP contribution is 2.20. The largest absolute Gasteiger partial charge is 0.272 e. The summed E-state index contributed by atoms with van der Waals surface area (Å²) in [5.41, 5.74) is 5.22. The zero-order chi connectivity index (χ0) is 23.8. The summed E-state index contributed by atoms with van der Waals surface area (Å²) in [4.78, 5) is 12.6. The van der Waals surface area contributed by atoms with Crippen LogP contribution in [0, 0.1) is 0 Å². The van der Waals surface area contributed by atoms with E-state index in [1.165, 1.54) is 36.0 Å². The van der Waals surface area contributed by atoms with Gasteiger partial charge in [-0.25, -0.2) is 13.8 Å². The smallest absolute Gasteiger partial charge is 0.255 e. The molecule has 0 fully saturated rings. The van der Waals surface area contributed by atoms with Crippen molar-refractivity contribution >= 4 is 33.7 Å². The SMILES string of the molecule is CC(C)c1ccc(/C=N\NC(=O)CN(Cc2ccccc2)S(=O)(=O)c2ccc(Cl)cc2)cc1. The first kappa shape index (κ1) is 24.6. The lowest BCUT2D eigenvalue weighted by Crippen LogP contribution is -2.39. The highest BCUT2D eigenvalue weighted by Gasteiger charge is 2.27. The number of nitrogens with one attached hydrogen (secondary N) is 1. The molecule has 0 aromatic heterocycles. The van der Waals surface area contributed by atoms with Gasteiger partial charge in [0.05, 0.1) is 17.7 Å². The Morgan fingerprint density at radius 2 is 1.64 bits per heavy atom. The van der Waals surface area contributed by atoms with Gasteiger partial charge in [-0.15, -0.1) is 0 Å². The zero-order valence-corrected chi connectivity index (χ0v) is 20.1. The maximum absolute atomic E-state index is 13.2. The standard InChI is InChI=1S/C25H26ClN3O3S/c1-19(2)22-10-8-20(9-11-22)16-27-28-25(30)18-29(17-21-6-4-3-5-7-21)33(31,32)24-14-12-23(26)13-15-24/h3-16,19H,17-18H2,1-2H3,(H,28,30)/b27-16-. The third kappa shape index (κ3) is 6.99. The van der Waals surface area contributed by atoms with Crippen molar-refractivity contribution in [1.82, 2.24) is 9.73 Å². The number of benzene rings is 3. The fourth-order valence-electron chi connectivity index (χ4n) is 3.11. The number of sulfonamides is 1. The molecule has 0 spiro atoms. The molecule has 8 heteroatoms. The molecule has 0 unspecified atom stereocenters. The number of carbonyl (C=O) groups excluding carboxylic acids is 1. The molecule has 0 heterocycles. The van der Waals surface area contributed by atoms with Crippen molar-refractivity contribution in [3.63, 3.8) is 0 Å². The third-order valence-corrected chi connectivity index (χ3v) is 7.04. The van der Waals surface area contributed by atoms with Crippen LogP contribution >= 0.6 is 11.6 Å². The van der Waals surface area contributed by atoms with Gasteiger partial charge in [0.15, 0.2) is 0 Å². The molecule has 3 aromatic rings. The predicted molar refractivity (Wildman–Crippen MR) is 132 cm³/mol. The summed E-state index contributed by atoms with van der Waals surface area (Å²) in [6.07, 6.45) is 1.53. The van der Waals surface area contributed by atoms with Gasteiger partial charge in [0, 0.05) is 11.6 Å². The molecule has 1 N–H and O–H groups in total. The van der Waals surface area contributed by atoms with Crippen molar-refractivity contribution in [2.75, 3.05) is 6.54 Å². The first-order valence-electron chi connectivity index (χ1n) is 10.5. The van der Waals surface area contributed by atoms with Crippen LogP contribution in [0.1, 0.15) is 36.5 Å². The average molecular weight is 484 g/mol. The van der Waals surface area contributed by atoms with Crippen LogP contribution in [0.5, 0.6) is 0 Å². The highest BCUT2D eigenvalue weighted by molar-refractivity contribution is 7.89. The number of hydrogen-bond donors (Lipinski definition) is 1. The fraction of sp³-hybridized carbons (Fsp3) is 0.200. The molecule has 33 heavy (non-hydrogen) atoms. The zero-order valence-electron chi connectivity index (χ0n) is 18.5. The molecule has 0 atom stereocenters. The lowest BCUT2D eigenvalue weighted by molar-refractivity contribution is -0.121. The lowest BCUT2D eigenvalue weighted by atomic mass is 10.0.